The Morgan fingerprint density at radius 1 is 0.957 bits per heavy atom. The molecule has 120 valence electrons. The normalized spacial score (nSPS) is 10.1. The number of carbonyl (C=O) groups excluding carboxylic acids is 2. The third kappa shape index (κ3) is 5.58. The topological polar surface area (TPSA) is 58.2 Å². The summed E-state index contributed by atoms with van der Waals surface area (Å²) in [7, 11) is 1.60. The summed E-state index contributed by atoms with van der Waals surface area (Å²) in [4.78, 5) is 23.5. The number of hydrogen-bond donors (Lipinski definition) is 2. The van der Waals surface area contributed by atoms with Gasteiger partial charge in [0.2, 0.25) is 5.91 Å². The number of benzene rings is 2. The van der Waals surface area contributed by atoms with E-state index in [1.165, 1.54) is 5.56 Å². The Morgan fingerprint density at radius 3 is 2.43 bits per heavy atom. The van der Waals surface area contributed by atoms with Crippen LogP contribution in [0.4, 0.5) is 0 Å². The Morgan fingerprint density at radius 2 is 1.70 bits per heavy atom. The van der Waals surface area contributed by atoms with Crippen LogP contribution in [0.15, 0.2) is 54.6 Å². The zero-order valence-corrected chi connectivity index (χ0v) is 13.3. The summed E-state index contributed by atoms with van der Waals surface area (Å²) in [5.41, 5.74) is 2.77. The van der Waals surface area contributed by atoms with E-state index in [9.17, 15) is 9.59 Å². The van der Waals surface area contributed by atoms with E-state index in [1.54, 1.807) is 19.2 Å². The van der Waals surface area contributed by atoms with Crippen LogP contribution in [0.25, 0.3) is 0 Å². The lowest BCUT2D eigenvalue weighted by atomic mass is 10.1. The van der Waals surface area contributed by atoms with Crippen molar-refractivity contribution >= 4 is 11.8 Å². The quantitative estimate of drug-likeness (QED) is 0.826. The van der Waals surface area contributed by atoms with E-state index in [1.807, 2.05) is 30.3 Å². The minimum Gasteiger partial charge on any atom is -0.355 e. The van der Waals surface area contributed by atoms with E-state index >= 15 is 0 Å². The third-order valence-electron chi connectivity index (χ3n) is 3.62. The van der Waals surface area contributed by atoms with E-state index < -0.39 is 0 Å². The lowest BCUT2D eigenvalue weighted by molar-refractivity contribution is -0.121. The molecule has 0 spiro atoms. The smallest absolute Gasteiger partial charge is 0.251 e. The molecular weight excluding hydrogens is 288 g/mol. The van der Waals surface area contributed by atoms with Gasteiger partial charge in [-0.2, -0.15) is 0 Å². The van der Waals surface area contributed by atoms with Gasteiger partial charge in [-0.05, 0) is 36.1 Å². The fraction of sp³-hybridized carbons (Fsp3) is 0.263. The molecule has 0 bridgehead atoms. The second-order valence-electron chi connectivity index (χ2n) is 5.40. The predicted molar refractivity (Wildman–Crippen MR) is 91.1 cm³/mol. The number of carbonyl (C=O) groups is 2. The predicted octanol–water partition coefficient (Wildman–Crippen LogP) is 2.69. The van der Waals surface area contributed by atoms with Crippen molar-refractivity contribution in [2.45, 2.75) is 25.8 Å². The summed E-state index contributed by atoms with van der Waals surface area (Å²) in [6.07, 6.45) is 2.23. The molecule has 4 heteroatoms. The summed E-state index contributed by atoms with van der Waals surface area (Å²) in [5, 5.41) is 5.49. The first kappa shape index (κ1) is 16.7. The molecule has 0 radical (unpaired) electrons. The summed E-state index contributed by atoms with van der Waals surface area (Å²) in [6.45, 7) is 0.439. The molecule has 2 aromatic carbocycles. The highest BCUT2D eigenvalue weighted by Crippen LogP contribution is 2.07. The minimum absolute atomic E-state index is 0.0336. The van der Waals surface area contributed by atoms with E-state index in [-0.39, 0.29) is 11.8 Å². The average molecular weight is 310 g/mol. The van der Waals surface area contributed by atoms with E-state index in [4.69, 9.17) is 0 Å². The van der Waals surface area contributed by atoms with E-state index in [0.717, 1.165) is 18.4 Å². The van der Waals surface area contributed by atoms with Gasteiger partial charge in [0.25, 0.3) is 5.91 Å². The van der Waals surface area contributed by atoms with Gasteiger partial charge in [0.1, 0.15) is 0 Å². The Kier molecular flexibility index (Phi) is 6.36. The molecule has 2 N–H and O–H groups in total. The van der Waals surface area contributed by atoms with Crippen LogP contribution >= 0.6 is 0 Å². The molecular formula is C19H22N2O2. The number of rotatable bonds is 7. The summed E-state index contributed by atoms with van der Waals surface area (Å²) >= 11 is 0. The molecule has 0 aliphatic heterocycles. The fourth-order valence-corrected chi connectivity index (χ4v) is 2.35. The van der Waals surface area contributed by atoms with Crippen LogP contribution in [0.3, 0.4) is 0 Å². The summed E-state index contributed by atoms with van der Waals surface area (Å²) in [6, 6.07) is 17.4. The Bertz CT molecular complexity index is 653. The average Bonchev–Trinajstić information content (AvgIpc) is 2.60. The van der Waals surface area contributed by atoms with Gasteiger partial charge in [0.05, 0.1) is 0 Å². The lowest BCUT2D eigenvalue weighted by Gasteiger charge is -2.07. The molecule has 0 saturated heterocycles. The molecule has 0 aliphatic rings. The van der Waals surface area contributed by atoms with Crippen molar-refractivity contribution in [1.82, 2.24) is 10.6 Å². The first-order valence-electron chi connectivity index (χ1n) is 7.80. The van der Waals surface area contributed by atoms with Crippen LogP contribution in [0.1, 0.15) is 34.3 Å². The third-order valence-corrected chi connectivity index (χ3v) is 3.62. The van der Waals surface area contributed by atoms with Gasteiger partial charge in [0, 0.05) is 25.6 Å². The Labute approximate surface area is 136 Å². The van der Waals surface area contributed by atoms with Gasteiger partial charge in [0.15, 0.2) is 0 Å². The molecule has 0 heterocycles. The van der Waals surface area contributed by atoms with Gasteiger partial charge in [-0.15, -0.1) is 0 Å². The van der Waals surface area contributed by atoms with Crippen molar-refractivity contribution in [3.63, 3.8) is 0 Å². The van der Waals surface area contributed by atoms with Crippen molar-refractivity contribution in [3.8, 4) is 0 Å². The van der Waals surface area contributed by atoms with Crippen LogP contribution < -0.4 is 10.6 Å². The first-order valence-corrected chi connectivity index (χ1v) is 7.80. The molecule has 4 nitrogen and oxygen atoms in total. The molecule has 0 atom stereocenters. The summed E-state index contributed by atoms with van der Waals surface area (Å²) < 4.78 is 0. The fourth-order valence-electron chi connectivity index (χ4n) is 2.35. The van der Waals surface area contributed by atoms with Gasteiger partial charge in [-0.25, -0.2) is 0 Å². The molecule has 2 amide bonds. The second kappa shape index (κ2) is 8.73. The first-order chi connectivity index (χ1) is 11.2. The van der Waals surface area contributed by atoms with Gasteiger partial charge >= 0.3 is 0 Å². The van der Waals surface area contributed by atoms with Crippen molar-refractivity contribution in [3.05, 3.63) is 71.3 Å². The lowest BCUT2D eigenvalue weighted by Crippen LogP contribution is -2.23. The van der Waals surface area contributed by atoms with Crippen molar-refractivity contribution < 1.29 is 9.59 Å². The minimum atomic E-state index is -0.124. The summed E-state index contributed by atoms with van der Waals surface area (Å²) in [5.74, 6) is -0.0904. The van der Waals surface area contributed by atoms with E-state index in [0.29, 0.717) is 18.5 Å². The maximum absolute atomic E-state index is 11.9. The molecule has 2 aromatic rings. The van der Waals surface area contributed by atoms with Crippen LogP contribution in [0.2, 0.25) is 0 Å². The maximum atomic E-state index is 11.9. The zero-order chi connectivity index (χ0) is 16.5. The largest absolute Gasteiger partial charge is 0.355 e. The van der Waals surface area contributed by atoms with Crippen LogP contribution in [-0.2, 0) is 17.8 Å². The number of aryl methyl sites for hydroxylation is 1. The van der Waals surface area contributed by atoms with Gasteiger partial charge < -0.3 is 10.6 Å². The van der Waals surface area contributed by atoms with Crippen molar-refractivity contribution in [1.29, 1.82) is 0 Å². The van der Waals surface area contributed by atoms with Gasteiger partial charge in [-0.3, -0.25) is 9.59 Å². The molecule has 0 aliphatic carbocycles. The molecule has 23 heavy (non-hydrogen) atoms. The van der Waals surface area contributed by atoms with Crippen molar-refractivity contribution in [2.24, 2.45) is 0 Å². The number of amides is 2. The number of nitrogens with one attached hydrogen (secondary N) is 2. The monoisotopic (exact) mass is 310 g/mol. The molecule has 0 fully saturated rings. The molecule has 0 saturated carbocycles. The van der Waals surface area contributed by atoms with Crippen LogP contribution in [-0.4, -0.2) is 18.9 Å². The van der Waals surface area contributed by atoms with Crippen LogP contribution in [0, 0.1) is 0 Å². The standard InChI is InChI=1S/C19H22N2O2/c1-20-19(23)17-11-5-10-16(13-17)14-21-18(22)12-6-9-15-7-3-2-4-8-15/h2-5,7-8,10-11,13H,6,9,12,14H2,1H3,(H,20,23)(H,21,22). The zero-order valence-electron chi connectivity index (χ0n) is 13.3. The highest BCUT2D eigenvalue weighted by Gasteiger charge is 2.05. The second-order valence-corrected chi connectivity index (χ2v) is 5.40. The Balaban J connectivity index is 1.75. The van der Waals surface area contributed by atoms with Crippen molar-refractivity contribution in [2.75, 3.05) is 7.05 Å². The van der Waals surface area contributed by atoms with Gasteiger partial charge in [-0.1, -0.05) is 42.5 Å². The molecule has 0 aromatic heterocycles. The highest BCUT2D eigenvalue weighted by molar-refractivity contribution is 5.94. The highest BCUT2D eigenvalue weighted by atomic mass is 16.2. The molecule has 2 rings (SSSR count). The SMILES string of the molecule is CNC(=O)c1cccc(CNC(=O)CCCc2ccccc2)c1. The molecule has 0 unspecified atom stereocenters. The maximum Gasteiger partial charge on any atom is 0.251 e. The number of hydrogen-bond acceptors (Lipinski definition) is 2. The van der Waals surface area contributed by atoms with E-state index in [2.05, 4.69) is 22.8 Å². The van der Waals surface area contributed by atoms with Crippen LogP contribution in [0.5, 0.6) is 0 Å². The Hall–Kier alpha value is -2.62.